The first kappa shape index (κ1) is 15.1. The monoisotopic (exact) mass is 310 g/mol. The lowest BCUT2D eigenvalue weighted by Gasteiger charge is -2.10. The molecule has 0 aliphatic rings. The molecule has 6 heteroatoms. The van der Waals surface area contributed by atoms with Gasteiger partial charge in [0.2, 0.25) is 0 Å². The summed E-state index contributed by atoms with van der Waals surface area (Å²) in [6, 6.07) is 17.2. The van der Waals surface area contributed by atoms with Crippen molar-refractivity contribution in [2.45, 2.75) is 13.2 Å². The molecule has 6 nitrogen and oxygen atoms in total. The molecule has 3 rings (SSSR count). The van der Waals surface area contributed by atoms with Crippen LogP contribution in [0.3, 0.4) is 0 Å². The number of rotatable bonds is 6. The molecule has 1 aromatic heterocycles. The molecule has 2 N–H and O–H groups in total. The van der Waals surface area contributed by atoms with E-state index < -0.39 is 0 Å². The number of nitrogens with two attached hydrogens (primary N) is 1. The summed E-state index contributed by atoms with van der Waals surface area (Å²) in [6.07, 6.45) is 0. The third-order valence-electron chi connectivity index (χ3n) is 3.45. The highest BCUT2D eigenvalue weighted by Gasteiger charge is 2.14. The first-order chi connectivity index (χ1) is 11.3. The number of ether oxygens (including phenoxy) is 2. The van der Waals surface area contributed by atoms with Gasteiger partial charge in [0, 0.05) is 12.6 Å². The highest BCUT2D eigenvalue weighted by molar-refractivity contribution is 5.35. The Morgan fingerprint density at radius 1 is 1.04 bits per heavy atom. The topological polar surface area (TPSA) is 75.2 Å². The van der Waals surface area contributed by atoms with Crippen LogP contribution in [-0.2, 0) is 13.2 Å². The van der Waals surface area contributed by atoms with Crippen molar-refractivity contribution in [2.75, 3.05) is 7.11 Å². The van der Waals surface area contributed by atoms with E-state index in [0.717, 1.165) is 22.8 Å². The van der Waals surface area contributed by atoms with E-state index in [4.69, 9.17) is 15.2 Å². The molecule has 0 fully saturated rings. The largest absolute Gasteiger partial charge is 0.497 e. The summed E-state index contributed by atoms with van der Waals surface area (Å²) in [6.45, 7) is 0.630. The van der Waals surface area contributed by atoms with Crippen LogP contribution < -0.4 is 15.2 Å². The summed E-state index contributed by atoms with van der Waals surface area (Å²) in [7, 11) is 1.63. The molecule has 118 valence electrons. The minimum atomic E-state index is 0.309. The van der Waals surface area contributed by atoms with Gasteiger partial charge in [-0.1, -0.05) is 29.5 Å². The van der Waals surface area contributed by atoms with Crippen LogP contribution in [0.25, 0.3) is 5.69 Å². The summed E-state index contributed by atoms with van der Waals surface area (Å²) in [5.74, 6) is 1.46. The SMILES string of the molecule is COc1cccc(OCc2c(CN)nnn2-c2ccccc2)c1. The van der Waals surface area contributed by atoms with Crippen LogP contribution in [0.15, 0.2) is 54.6 Å². The van der Waals surface area contributed by atoms with Crippen LogP contribution in [0.5, 0.6) is 11.5 Å². The van der Waals surface area contributed by atoms with Crippen molar-refractivity contribution >= 4 is 0 Å². The lowest BCUT2D eigenvalue weighted by molar-refractivity contribution is 0.294. The second-order valence-corrected chi connectivity index (χ2v) is 4.90. The molecule has 0 unspecified atom stereocenters. The summed E-state index contributed by atoms with van der Waals surface area (Å²) in [5, 5.41) is 8.33. The minimum absolute atomic E-state index is 0.309. The molecule has 3 aromatic rings. The molecular formula is C17H18N4O2. The Bertz CT molecular complexity index is 771. The van der Waals surface area contributed by atoms with Crippen molar-refractivity contribution < 1.29 is 9.47 Å². The average molecular weight is 310 g/mol. The third kappa shape index (κ3) is 3.32. The number of hydrogen-bond acceptors (Lipinski definition) is 5. The second-order valence-electron chi connectivity index (χ2n) is 4.90. The molecule has 1 heterocycles. The van der Waals surface area contributed by atoms with Crippen LogP contribution >= 0.6 is 0 Å². The summed E-state index contributed by atoms with van der Waals surface area (Å²) in [5.41, 5.74) is 8.24. The molecule has 0 saturated carbocycles. The number of hydrogen-bond donors (Lipinski definition) is 1. The van der Waals surface area contributed by atoms with Gasteiger partial charge in [-0.25, -0.2) is 4.68 Å². The van der Waals surface area contributed by atoms with Crippen LogP contribution in [0.1, 0.15) is 11.4 Å². The fourth-order valence-electron chi connectivity index (χ4n) is 2.26. The van der Waals surface area contributed by atoms with Gasteiger partial charge in [-0.2, -0.15) is 0 Å². The molecule has 0 aliphatic heterocycles. The van der Waals surface area contributed by atoms with E-state index in [1.807, 2.05) is 54.6 Å². The Morgan fingerprint density at radius 3 is 2.57 bits per heavy atom. The molecule has 2 aromatic carbocycles. The number of nitrogens with zero attached hydrogens (tertiary/aromatic N) is 3. The van der Waals surface area contributed by atoms with E-state index >= 15 is 0 Å². The maximum absolute atomic E-state index is 5.86. The number of methoxy groups -OCH3 is 1. The summed E-state index contributed by atoms with van der Waals surface area (Å²) >= 11 is 0. The van der Waals surface area contributed by atoms with Gasteiger partial charge in [0.05, 0.1) is 12.8 Å². The zero-order chi connectivity index (χ0) is 16.1. The Labute approximate surface area is 134 Å². The normalized spacial score (nSPS) is 10.5. The molecule has 0 atom stereocenters. The van der Waals surface area contributed by atoms with E-state index in [9.17, 15) is 0 Å². The van der Waals surface area contributed by atoms with Gasteiger partial charge in [-0.15, -0.1) is 5.10 Å². The third-order valence-corrected chi connectivity index (χ3v) is 3.45. The maximum Gasteiger partial charge on any atom is 0.132 e. The van der Waals surface area contributed by atoms with E-state index in [2.05, 4.69) is 10.3 Å². The Kier molecular flexibility index (Phi) is 4.54. The fourth-order valence-corrected chi connectivity index (χ4v) is 2.26. The predicted octanol–water partition coefficient (Wildman–Crippen LogP) is 2.31. The standard InChI is InChI=1S/C17H18N4O2/c1-22-14-8-5-9-15(10-14)23-12-17-16(11-18)19-20-21(17)13-6-3-2-4-7-13/h2-10H,11-12,18H2,1H3. The number of benzene rings is 2. The number of para-hydroxylation sites is 1. The molecule has 0 saturated heterocycles. The Hall–Kier alpha value is -2.86. The summed E-state index contributed by atoms with van der Waals surface area (Å²) in [4.78, 5) is 0. The first-order valence-corrected chi connectivity index (χ1v) is 7.27. The minimum Gasteiger partial charge on any atom is -0.497 e. The van der Waals surface area contributed by atoms with Crippen molar-refractivity contribution in [3.8, 4) is 17.2 Å². The average Bonchev–Trinajstić information content (AvgIpc) is 3.04. The molecule has 0 spiro atoms. The van der Waals surface area contributed by atoms with Crippen LogP contribution in [0.2, 0.25) is 0 Å². The zero-order valence-electron chi connectivity index (χ0n) is 12.8. The van der Waals surface area contributed by atoms with E-state index in [0.29, 0.717) is 18.9 Å². The van der Waals surface area contributed by atoms with Gasteiger partial charge in [0.25, 0.3) is 0 Å². The fraction of sp³-hybridized carbons (Fsp3) is 0.176. The Morgan fingerprint density at radius 2 is 1.83 bits per heavy atom. The quantitative estimate of drug-likeness (QED) is 0.756. The first-order valence-electron chi connectivity index (χ1n) is 7.27. The van der Waals surface area contributed by atoms with Gasteiger partial charge in [0.1, 0.15) is 29.5 Å². The molecule has 0 radical (unpaired) electrons. The van der Waals surface area contributed by atoms with Gasteiger partial charge in [-0.3, -0.25) is 0 Å². The smallest absolute Gasteiger partial charge is 0.132 e. The molecular weight excluding hydrogens is 292 g/mol. The van der Waals surface area contributed by atoms with Crippen LogP contribution in [0, 0.1) is 0 Å². The lowest BCUT2D eigenvalue weighted by Crippen LogP contribution is -2.09. The van der Waals surface area contributed by atoms with Gasteiger partial charge in [-0.05, 0) is 24.3 Å². The molecule has 23 heavy (non-hydrogen) atoms. The molecule has 0 bridgehead atoms. The van der Waals surface area contributed by atoms with E-state index in [1.54, 1.807) is 11.8 Å². The number of aromatic nitrogens is 3. The molecule has 0 aliphatic carbocycles. The van der Waals surface area contributed by atoms with Crippen molar-refractivity contribution in [1.29, 1.82) is 0 Å². The zero-order valence-corrected chi connectivity index (χ0v) is 12.8. The predicted molar refractivity (Wildman–Crippen MR) is 86.6 cm³/mol. The Balaban J connectivity index is 1.85. The van der Waals surface area contributed by atoms with Crippen molar-refractivity contribution in [1.82, 2.24) is 15.0 Å². The van der Waals surface area contributed by atoms with Crippen molar-refractivity contribution in [3.05, 3.63) is 66.0 Å². The second kappa shape index (κ2) is 6.93. The van der Waals surface area contributed by atoms with Crippen molar-refractivity contribution in [2.24, 2.45) is 5.73 Å². The summed E-state index contributed by atoms with van der Waals surface area (Å²) < 4.78 is 12.8. The molecule has 0 amide bonds. The van der Waals surface area contributed by atoms with Crippen molar-refractivity contribution in [3.63, 3.8) is 0 Å². The van der Waals surface area contributed by atoms with Gasteiger partial charge >= 0.3 is 0 Å². The van der Waals surface area contributed by atoms with Gasteiger partial charge < -0.3 is 15.2 Å². The van der Waals surface area contributed by atoms with Crippen LogP contribution in [-0.4, -0.2) is 22.1 Å². The highest BCUT2D eigenvalue weighted by Crippen LogP contribution is 2.21. The van der Waals surface area contributed by atoms with E-state index in [-0.39, 0.29) is 0 Å². The van der Waals surface area contributed by atoms with Crippen LogP contribution in [0.4, 0.5) is 0 Å². The maximum atomic E-state index is 5.86. The van der Waals surface area contributed by atoms with Gasteiger partial charge in [0.15, 0.2) is 0 Å². The van der Waals surface area contributed by atoms with E-state index in [1.165, 1.54) is 0 Å². The lowest BCUT2D eigenvalue weighted by atomic mass is 10.3. The highest BCUT2D eigenvalue weighted by atomic mass is 16.5.